The van der Waals surface area contributed by atoms with Crippen LogP contribution < -0.4 is 11.3 Å². The van der Waals surface area contributed by atoms with E-state index >= 15 is 0 Å². The molecular weight excluding hydrogens is 242 g/mol. The third-order valence-corrected chi connectivity index (χ3v) is 3.70. The Balaban J connectivity index is 2.02. The second-order valence-corrected chi connectivity index (χ2v) is 4.87. The third-order valence-electron chi connectivity index (χ3n) is 3.70. The Morgan fingerprint density at radius 3 is 2.89 bits per heavy atom. The number of nitrogens with two attached hydrogens (primary N) is 1. The number of hydrazine groups is 1. The number of rotatable bonds is 5. The molecule has 0 radical (unpaired) electrons. The number of nitrogens with zero attached hydrogens (tertiary/aromatic N) is 1. The quantitative estimate of drug-likeness (QED) is 0.461. The van der Waals surface area contributed by atoms with E-state index in [-0.39, 0.29) is 11.9 Å². The first-order valence-corrected chi connectivity index (χ1v) is 6.54. The highest BCUT2D eigenvalue weighted by Gasteiger charge is 2.32. The van der Waals surface area contributed by atoms with Crippen LogP contribution in [-0.4, -0.2) is 43.7 Å². The number of hydrogen-bond acceptors (Lipinski definition) is 4. The molecule has 19 heavy (non-hydrogen) atoms. The molecule has 104 valence electrons. The molecule has 0 bridgehead atoms. The molecular formula is C14H21N3O2. The predicted molar refractivity (Wildman–Crippen MR) is 73.4 cm³/mol. The summed E-state index contributed by atoms with van der Waals surface area (Å²) in [6.07, 6.45) is 1.06. The Hall–Kier alpha value is -1.43. The van der Waals surface area contributed by atoms with Crippen molar-refractivity contribution in [3.8, 4) is 0 Å². The molecule has 0 spiro atoms. The fraction of sp³-hybridized carbons (Fsp3) is 0.500. The number of carbonyl (C=O) groups excluding carboxylic acids is 1. The van der Waals surface area contributed by atoms with E-state index < -0.39 is 0 Å². The average Bonchev–Trinajstić information content (AvgIpc) is 2.94. The van der Waals surface area contributed by atoms with Crippen molar-refractivity contribution < 1.29 is 9.53 Å². The Morgan fingerprint density at radius 1 is 1.53 bits per heavy atom. The summed E-state index contributed by atoms with van der Waals surface area (Å²) in [5.74, 6) is 5.53. The van der Waals surface area contributed by atoms with Crippen molar-refractivity contribution in [3.05, 3.63) is 35.9 Å². The number of benzene rings is 1. The lowest BCUT2D eigenvalue weighted by molar-refractivity contribution is -0.128. The Morgan fingerprint density at radius 2 is 2.26 bits per heavy atom. The van der Waals surface area contributed by atoms with E-state index in [1.807, 2.05) is 6.07 Å². The predicted octanol–water partition coefficient (Wildman–Crippen LogP) is 0.481. The summed E-state index contributed by atoms with van der Waals surface area (Å²) in [4.78, 5) is 13.9. The second-order valence-electron chi connectivity index (χ2n) is 4.87. The Kier molecular flexibility index (Phi) is 4.90. The van der Waals surface area contributed by atoms with Gasteiger partial charge in [0.25, 0.3) is 5.91 Å². The average molecular weight is 263 g/mol. The summed E-state index contributed by atoms with van der Waals surface area (Å²) >= 11 is 0. The fourth-order valence-electron chi connectivity index (χ4n) is 2.67. The highest BCUT2D eigenvalue weighted by atomic mass is 16.5. The first-order valence-electron chi connectivity index (χ1n) is 6.54. The summed E-state index contributed by atoms with van der Waals surface area (Å²) in [5.41, 5.74) is 3.55. The van der Waals surface area contributed by atoms with Crippen LogP contribution in [0.4, 0.5) is 0 Å². The van der Waals surface area contributed by atoms with Gasteiger partial charge in [-0.05, 0) is 24.4 Å². The molecule has 1 aliphatic heterocycles. The lowest BCUT2D eigenvalue weighted by atomic mass is 9.99. The van der Waals surface area contributed by atoms with Crippen LogP contribution in [0.3, 0.4) is 0 Å². The molecule has 1 aromatic rings. The van der Waals surface area contributed by atoms with Crippen molar-refractivity contribution in [2.75, 3.05) is 26.8 Å². The molecule has 1 aliphatic rings. The zero-order chi connectivity index (χ0) is 13.7. The van der Waals surface area contributed by atoms with Crippen molar-refractivity contribution in [2.24, 2.45) is 5.84 Å². The van der Waals surface area contributed by atoms with Gasteiger partial charge in [-0.3, -0.25) is 15.1 Å². The van der Waals surface area contributed by atoms with E-state index in [1.165, 1.54) is 5.56 Å². The van der Waals surface area contributed by atoms with Gasteiger partial charge in [0, 0.05) is 13.7 Å². The van der Waals surface area contributed by atoms with Crippen molar-refractivity contribution in [1.82, 2.24) is 10.3 Å². The van der Waals surface area contributed by atoms with E-state index in [9.17, 15) is 4.79 Å². The summed E-state index contributed by atoms with van der Waals surface area (Å²) in [6, 6.07) is 10.1. The van der Waals surface area contributed by atoms with Crippen LogP contribution in [0.1, 0.15) is 17.9 Å². The van der Waals surface area contributed by atoms with Crippen LogP contribution in [0.15, 0.2) is 30.3 Å². The first-order chi connectivity index (χ1) is 9.26. The van der Waals surface area contributed by atoms with Crippen molar-refractivity contribution in [3.63, 3.8) is 0 Å². The zero-order valence-electron chi connectivity index (χ0n) is 11.2. The molecule has 0 saturated carbocycles. The molecule has 5 heteroatoms. The zero-order valence-corrected chi connectivity index (χ0v) is 11.2. The molecule has 1 fully saturated rings. The van der Waals surface area contributed by atoms with Gasteiger partial charge in [0.1, 0.15) is 6.04 Å². The summed E-state index contributed by atoms with van der Waals surface area (Å²) in [6.45, 7) is 2.12. The molecule has 2 atom stereocenters. The van der Waals surface area contributed by atoms with E-state index in [1.54, 1.807) is 7.11 Å². The standard InChI is InChI=1S/C14H21N3O2/c1-19-10-13(14(18)16-15)17-8-7-12(9-17)11-5-3-2-4-6-11/h2-6,12-13H,7-10,15H2,1H3,(H,16,18). The van der Waals surface area contributed by atoms with Gasteiger partial charge in [-0.15, -0.1) is 0 Å². The van der Waals surface area contributed by atoms with Crippen LogP contribution in [0.25, 0.3) is 0 Å². The number of methoxy groups -OCH3 is 1. The van der Waals surface area contributed by atoms with Crippen LogP contribution >= 0.6 is 0 Å². The van der Waals surface area contributed by atoms with Gasteiger partial charge >= 0.3 is 0 Å². The number of amides is 1. The number of nitrogens with one attached hydrogen (secondary N) is 1. The second kappa shape index (κ2) is 6.65. The van der Waals surface area contributed by atoms with Gasteiger partial charge in [0.15, 0.2) is 0 Å². The first kappa shape index (κ1) is 14.0. The molecule has 0 aromatic heterocycles. The maximum absolute atomic E-state index is 11.8. The number of likely N-dealkylation sites (tertiary alicyclic amines) is 1. The SMILES string of the molecule is COCC(C(=O)NN)N1CCC(c2ccccc2)C1. The molecule has 2 unspecified atom stereocenters. The number of hydrogen-bond donors (Lipinski definition) is 2. The molecule has 2 rings (SSSR count). The number of carbonyl (C=O) groups is 1. The molecule has 1 saturated heterocycles. The fourth-order valence-corrected chi connectivity index (χ4v) is 2.67. The maximum Gasteiger partial charge on any atom is 0.253 e. The highest BCUT2D eigenvalue weighted by molar-refractivity contribution is 5.81. The van der Waals surface area contributed by atoms with Crippen LogP contribution in [-0.2, 0) is 9.53 Å². The minimum Gasteiger partial charge on any atom is -0.383 e. The maximum atomic E-state index is 11.8. The van der Waals surface area contributed by atoms with Crippen LogP contribution in [0, 0.1) is 0 Å². The normalized spacial score (nSPS) is 21.3. The van der Waals surface area contributed by atoms with Crippen molar-refractivity contribution in [2.45, 2.75) is 18.4 Å². The summed E-state index contributed by atoms with van der Waals surface area (Å²) in [5, 5.41) is 0. The lowest BCUT2D eigenvalue weighted by Crippen LogP contribution is -2.50. The topological polar surface area (TPSA) is 67.6 Å². The third kappa shape index (κ3) is 3.32. The lowest BCUT2D eigenvalue weighted by Gasteiger charge is -2.25. The molecule has 0 aliphatic carbocycles. The van der Waals surface area contributed by atoms with E-state index in [2.05, 4.69) is 34.6 Å². The van der Waals surface area contributed by atoms with Gasteiger partial charge in [0.2, 0.25) is 0 Å². The van der Waals surface area contributed by atoms with Gasteiger partial charge in [-0.2, -0.15) is 0 Å². The van der Waals surface area contributed by atoms with Gasteiger partial charge in [-0.25, -0.2) is 5.84 Å². The van der Waals surface area contributed by atoms with Gasteiger partial charge in [-0.1, -0.05) is 30.3 Å². The smallest absolute Gasteiger partial charge is 0.253 e. The largest absolute Gasteiger partial charge is 0.383 e. The Bertz CT molecular complexity index is 410. The summed E-state index contributed by atoms with van der Waals surface area (Å²) < 4.78 is 5.12. The Labute approximate surface area is 113 Å². The van der Waals surface area contributed by atoms with Gasteiger partial charge in [0.05, 0.1) is 6.61 Å². The van der Waals surface area contributed by atoms with Gasteiger partial charge < -0.3 is 4.74 Å². The van der Waals surface area contributed by atoms with Crippen LogP contribution in [0.2, 0.25) is 0 Å². The monoisotopic (exact) mass is 263 g/mol. The van der Waals surface area contributed by atoms with Crippen molar-refractivity contribution in [1.29, 1.82) is 0 Å². The molecule has 1 amide bonds. The van der Waals surface area contributed by atoms with Crippen LogP contribution in [0.5, 0.6) is 0 Å². The molecule has 3 N–H and O–H groups in total. The van der Waals surface area contributed by atoms with E-state index in [0.29, 0.717) is 12.5 Å². The number of ether oxygens (including phenoxy) is 1. The van der Waals surface area contributed by atoms with E-state index in [4.69, 9.17) is 10.6 Å². The minimum atomic E-state index is -0.302. The highest BCUT2D eigenvalue weighted by Crippen LogP contribution is 2.28. The minimum absolute atomic E-state index is 0.185. The molecule has 5 nitrogen and oxygen atoms in total. The van der Waals surface area contributed by atoms with E-state index in [0.717, 1.165) is 19.5 Å². The molecule has 1 aromatic carbocycles. The van der Waals surface area contributed by atoms with Crippen molar-refractivity contribution >= 4 is 5.91 Å². The summed E-state index contributed by atoms with van der Waals surface area (Å²) in [7, 11) is 1.60. The molecule has 1 heterocycles.